The summed E-state index contributed by atoms with van der Waals surface area (Å²) < 4.78 is 7.51. The largest absolute Gasteiger partial charge is 0.468 e. The van der Waals surface area contributed by atoms with E-state index in [0.717, 1.165) is 35.4 Å². The Labute approximate surface area is 180 Å². The molecule has 2 aromatic heterocycles. The van der Waals surface area contributed by atoms with Gasteiger partial charge in [0.05, 0.1) is 24.4 Å². The number of fused-ring (bicyclic) bond motifs is 1. The Balaban J connectivity index is 1.23. The molecule has 1 aliphatic heterocycles. The molecular weight excluding hydrogens is 390 g/mol. The van der Waals surface area contributed by atoms with Crippen molar-refractivity contribution in [2.75, 3.05) is 19.6 Å². The minimum atomic E-state index is -0.0755. The lowest BCUT2D eigenvalue weighted by atomic mass is 10.1. The van der Waals surface area contributed by atoms with Crippen LogP contribution in [0.1, 0.15) is 40.6 Å². The summed E-state index contributed by atoms with van der Waals surface area (Å²) >= 11 is 0. The number of carbonyl (C=O) groups is 1. The van der Waals surface area contributed by atoms with Crippen molar-refractivity contribution in [3.8, 4) is 0 Å². The number of para-hydroxylation sites is 1. The number of benzene rings is 2. The SMILES string of the molecule is O=C(NC[C@H](c1ccco1)N1CCCC1)c1ccc(Cn2nnc3ccccc32)cc1. The highest BCUT2D eigenvalue weighted by Gasteiger charge is 2.26. The zero-order valence-corrected chi connectivity index (χ0v) is 17.3. The van der Waals surface area contributed by atoms with Crippen LogP contribution in [0.25, 0.3) is 11.0 Å². The van der Waals surface area contributed by atoms with Gasteiger partial charge in [-0.25, -0.2) is 4.68 Å². The van der Waals surface area contributed by atoms with Crippen LogP contribution in [0.2, 0.25) is 0 Å². The van der Waals surface area contributed by atoms with Gasteiger partial charge in [0.25, 0.3) is 5.91 Å². The molecule has 3 heterocycles. The lowest BCUT2D eigenvalue weighted by Crippen LogP contribution is -2.36. The average molecular weight is 415 g/mol. The summed E-state index contributed by atoms with van der Waals surface area (Å²) in [6.07, 6.45) is 4.07. The topological polar surface area (TPSA) is 76.2 Å². The van der Waals surface area contributed by atoms with E-state index in [1.54, 1.807) is 6.26 Å². The Hall–Kier alpha value is -3.45. The highest BCUT2D eigenvalue weighted by Crippen LogP contribution is 2.25. The lowest BCUT2D eigenvalue weighted by Gasteiger charge is -2.26. The van der Waals surface area contributed by atoms with Crippen LogP contribution in [0, 0.1) is 0 Å². The maximum absolute atomic E-state index is 12.7. The number of nitrogens with zero attached hydrogens (tertiary/aromatic N) is 4. The Morgan fingerprint density at radius 3 is 2.61 bits per heavy atom. The number of furan rings is 1. The molecule has 31 heavy (non-hydrogen) atoms. The predicted octanol–water partition coefficient (Wildman–Crippen LogP) is 3.64. The molecule has 0 saturated carbocycles. The van der Waals surface area contributed by atoms with Crippen molar-refractivity contribution in [3.63, 3.8) is 0 Å². The van der Waals surface area contributed by atoms with Crippen molar-refractivity contribution in [2.45, 2.75) is 25.4 Å². The summed E-state index contributed by atoms with van der Waals surface area (Å²) in [5, 5.41) is 11.5. The van der Waals surface area contributed by atoms with Gasteiger partial charge in [-0.3, -0.25) is 9.69 Å². The highest BCUT2D eigenvalue weighted by atomic mass is 16.3. The molecule has 5 rings (SSSR count). The zero-order chi connectivity index (χ0) is 21.0. The van der Waals surface area contributed by atoms with Crippen molar-refractivity contribution in [1.82, 2.24) is 25.2 Å². The minimum absolute atomic E-state index is 0.0707. The van der Waals surface area contributed by atoms with E-state index in [4.69, 9.17) is 4.42 Å². The fourth-order valence-electron chi connectivity index (χ4n) is 4.20. The van der Waals surface area contributed by atoms with E-state index in [0.29, 0.717) is 18.7 Å². The van der Waals surface area contributed by atoms with E-state index in [-0.39, 0.29) is 11.9 Å². The average Bonchev–Trinajstić information content (AvgIpc) is 3.58. The number of amides is 1. The molecule has 0 unspecified atom stereocenters. The molecule has 2 aromatic carbocycles. The zero-order valence-electron chi connectivity index (χ0n) is 17.3. The second-order valence-corrected chi connectivity index (χ2v) is 7.92. The van der Waals surface area contributed by atoms with E-state index in [1.165, 1.54) is 12.8 Å². The third-order valence-electron chi connectivity index (χ3n) is 5.88. The molecule has 1 aliphatic rings. The smallest absolute Gasteiger partial charge is 0.251 e. The Morgan fingerprint density at radius 2 is 1.84 bits per heavy atom. The molecule has 1 fully saturated rings. The minimum Gasteiger partial charge on any atom is -0.468 e. The van der Waals surface area contributed by atoms with Gasteiger partial charge in [-0.1, -0.05) is 29.5 Å². The van der Waals surface area contributed by atoms with Gasteiger partial charge in [0, 0.05) is 12.1 Å². The summed E-state index contributed by atoms with van der Waals surface area (Å²) in [6, 6.07) is 19.5. The van der Waals surface area contributed by atoms with E-state index >= 15 is 0 Å². The normalized spacial score (nSPS) is 15.4. The first kappa shape index (κ1) is 19.5. The van der Waals surface area contributed by atoms with E-state index < -0.39 is 0 Å². The molecule has 0 radical (unpaired) electrons. The van der Waals surface area contributed by atoms with Gasteiger partial charge in [0.1, 0.15) is 11.3 Å². The number of hydrogen-bond acceptors (Lipinski definition) is 5. The maximum Gasteiger partial charge on any atom is 0.251 e. The Kier molecular flexibility index (Phi) is 5.50. The second-order valence-electron chi connectivity index (χ2n) is 7.92. The highest BCUT2D eigenvalue weighted by molar-refractivity contribution is 5.94. The number of hydrogen-bond donors (Lipinski definition) is 1. The monoisotopic (exact) mass is 415 g/mol. The van der Waals surface area contributed by atoms with Gasteiger partial charge in [-0.15, -0.1) is 5.10 Å². The Morgan fingerprint density at radius 1 is 1.03 bits per heavy atom. The fraction of sp³-hybridized carbons (Fsp3) is 0.292. The van der Waals surface area contributed by atoms with Gasteiger partial charge in [0.15, 0.2) is 0 Å². The molecule has 0 aliphatic carbocycles. The molecule has 7 heteroatoms. The lowest BCUT2D eigenvalue weighted by molar-refractivity contribution is 0.0933. The number of carbonyl (C=O) groups excluding carboxylic acids is 1. The van der Waals surface area contributed by atoms with Crippen LogP contribution >= 0.6 is 0 Å². The van der Waals surface area contributed by atoms with Crippen LogP contribution < -0.4 is 5.32 Å². The quantitative estimate of drug-likeness (QED) is 0.499. The van der Waals surface area contributed by atoms with Crippen LogP contribution in [-0.2, 0) is 6.54 Å². The Bertz CT molecular complexity index is 1140. The fourth-order valence-corrected chi connectivity index (χ4v) is 4.20. The standard InChI is InChI=1S/C24H25N5O2/c30-24(25-16-22(23-8-5-15-31-23)28-13-3-4-14-28)19-11-9-18(10-12-19)17-29-21-7-2-1-6-20(21)26-27-29/h1-2,5-12,15,22H,3-4,13-14,16-17H2,(H,25,30)/t22-/m1/s1. The van der Waals surface area contributed by atoms with Crippen LogP contribution in [0.15, 0.2) is 71.3 Å². The van der Waals surface area contributed by atoms with Crippen LogP contribution in [0.5, 0.6) is 0 Å². The van der Waals surface area contributed by atoms with Crippen molar-refractivity contribution in [1.29, 1.82) is 0 Å². The third kappa shape index (κ3) is 4.22. The summed E-state index contributed by atoms with van der Waals surface area (Å²) in [6.45, 7) is 3.21. The van der Waals surface area contributed by atoms with Crippen molar-refractivity contribution >= 4 is 16.9 Å². The summed E-state index contributed by atoms with van der Waals surface area (Å²) in [5.41, 5.74) is 3.59. The van der Waals surface area contributed by atoms with Crippen molar-refractivity contribution in [2.24, 2.45) is 0 Å². The van der Waals surface area contributed by atoms with Gasteiger partial charge in [0.2, 0.25) is 0 Å². The van der Waals surface area contributed by atoms with Gasteiger partial charge >= 0.3 is 0 Å². The molecule has 4 aromatic rings. The second kappa shape index (κ2) is 8.73. The number of rotatable bonds is 7. The third-order valence-corrected chi connectivity index (χ3v) is 5.88. The van der Waals surface area contributed by atoms with Crippen molar-refractivity contribution < 1.29 is 9.21 Å². The van der Waals surface area contributed by atoms with Crippen molar-refractivity contribution in [3.05, 3.63) is 83.8 Å². The van der Waals surface area contributed by atoms with Gasteiger partial charge < -0.3 is 9.73 Å². The van der Waals surface area contributed by atoms with E-state index in [1.807, 2.05) is 65.3 Å². The maximum atomic E-state index is 12.7. The molecule has 1 atom stereocenters. The van der Waals surface area contributed by atoms with Crippen LogP contribution in [0.3, 0.4) is 0 Å². The van der Waals surface area contributed by atoms with Crippen LogP contribution in [-0.4, -0.2) is 45.4 Å². The molecule has 1 amide bonds. The predicted molar refractivity (Wildman–Crippen MR) is 118 cm³/mol. The summed E-state index contributed by atoms with van der Waals surface area (Å²) in [4.78, 5) is 15.1. The van der Waals surface area contributed by atoms with E-state index in [9.17, 15) is 4.79 Å². The van der Waals surface area contributed by atoms with Gasteiger partial charge in [-0.2, -0.15) is 0 Å². The number of likely N-dealkylation sites (tertiary alicyclic amines) is 1. The molecule has 1 saturated heterocycles. The number of nitrogens with one attached hydrogen (secondary N) is 1. The molecule has 1 N–H and O–H groups in total. The molecule has 0 spiro atoms. The first-order valence-electron chi connectivity index (χ1n) is 10.7. The molecule has 7 nitrogen and oxygen atoms in total. The summed E-state index contributed by atoms with van der Waals surface area (Å²) in [5.74, 6) is 0.825. The first-order chi connectivity index (χ1) is 15.3. The number of aromatic nitrogens is 3. The molecular formula is C24H25N5O2. The van der Waals surface area contributed by atoms with Gasteiger partial charge in [-0.05, 0) is 67.9 Å². The summed E-state index contributed by atoms with van der Waals surface area (Å²) in [7, 11) is 0. The first-order valence-corrected chi connectivity index (χ1v) is 10.7. The molecule has 158 valence electrons. The molecule has 0 bridgehead atoms. The van der Waals surface area contributed by atoms with Crippen LogP contribution in [0.4, 0.5) is 0 Å². The van der Waals surface area contributed by atoms with E-state index in [2.05, 4.69) is 20.5 Å².